The second kappa shape index (κ2) is 4.84. The molecule has 0 radical (unpaired) electrons. The van der Waals surface area contributed by atoms with Gasteiger partial charge in [0.1, 0.15) is 0 Å². The highest BCUT2D eigenvalue weighted by atomic mass is 16.5. The summed E-state index contributed by atoms with van der Waals surface area (Å²) in [6.07, 6.45) is 4.69. The Balaban J connectivity index is 2.13. The van der Waals surface area contributed by atoms with Gasteiger partial charge in [0.2, 0.25) is 0 Å². The summed E-state index contributed by atoms with van der Waals surface area (Å²) in [5.41, 5.74) is 5.18. The van der Waals surface area contributed by atoms with E-state index in [9.17, 15) is 4.79 Å². The van der Waals surface area contributed by atoms with Crippen LogP contribution in [0.1, 0.15) is 27.9 Å². The minimum atomic E-state index is -0.326. The number of carbonyl (C=O) groups excluding carboxylic acids is 1. The fourth-order valence-electron chi connectivity index (χ4n) is 2.61. The second-order valence-corrected chi connectivity index (χ2v) is 4.73. The summed E-state index contributed by atoms with van der Waals surface area (Å²) in [6, 6.07) is 10.3. The van der Waals surface area contributed by atoms with E-state index in [0.29, 0.717) is 5.56 Å². The number of nitrogens with zero attached hydrogens (tertiary/aromatic N) is 1. The molecule has 1 aromatic carbocycles. The maximum absolute atomic E-state index is 11.6. The number of hydrogen-bond acceptors (Lipinski definition) is 3. The first-order chi connectivity index (χ1) is 9.29. The van der Waals surface area contributed by atoms with Crippen molar-refractivity contribution in [3.8, 4) is 11.3 Å². The number of rotatable bonds is 1. The molecule has 0 N–H and O–H groups in total. The van der Waals surface area contributed by atoms with E-state index in [1.165, 1.54) is 18.2 Å². The molecule has 0 spiro atoms. The van der Waals surface area contributed by atoms with Crippen molar-refractivity contribution in [1.82, 2.24) is 4.98 Å². The van der Waals surface area contributed by atoms with E-state index in [0.717, 1.165) is 30.5 Å². The van der Waals surface area contributed by atoms with Gasteiger partial charge in [-0.3, -0.25) is 4.98 Å². The summed E-state index contributed by atoms with van der Waals surface area (Å²) in [5.74, 6) is -0.326. The van der Waals surface area contributed by atoms with E-state index in [1.54, 1.807) is 6.20 Å². The highest BCUT2D eigenvalue weighted by molar-refractivity contribution is 5.89. The van der Waals surface area contributed by atoms with Crippen molar-refractivity contribution in [1.29, 1.82) is 0 Å². The predicted molar refractivity (Wildman–Crippen MR) is 73.0 cm³/mol. The summed E-state index contributed by atoms with van der Waals surface area (Å²) < 4.78 is 4.75. The predicted octanol–water partition coefficient (Wildman–Crippen LogP) is 3.02. The molecule has 1 aliphatic rings. The average molecular weight is 253 g/mol. The van der Waals surface area contributed by atoms with Crippen molar-refractivity contribution >= 4 is 5.97 Å². The molecule has 0 atom stereocenters. The smallest absolute Gasteiger partial charge is 0.339 e. The molecular formula is C16H15NO2. The van der Waals surface area contributed by atoms with Crippen molar-refractivity contribution < 1.29 is 9.53 Å². The Morgan fingerprint density at radius 2 is 2.00 bits per heavy atom. The Kier molecular flexibility index (Phi) is 3.03. The molecule has 19 heavy (non-hydrogen) atoms. The minimum absolute atomic E-state index is 0.326. The Morgan fingerprint density at radius 1 is 1.21 bits per heavy atom. The van der Waals surface area contributed by atoms with E-state index in [-0.39, 0.29) is 5.97 Å². The standard InChI is InChI=1S/C16H15NO2/c1-19-16(18)13-9-12-7-4-6-11-5-2-3-8-14(11)15(12)17-10-13/h2-3,5,8-10H,4,6-7H2,1H3. The van der Waals surface area contributed by atoms with Crippen LogP contribution in [0.25, 0.3) is 11.3 Å². The van der Waals surface area contributed by atoms with Crippen LogP contribution in [0.2, 0.25) is 0 Å². The maximum atomic E-state index is 11.6. The highest BCUT2D eigenvalue weighted by Crippen LogP contribution is 2.31. The third-order valence-corrected chi connectivity index (χ3v) is 3.55. The third kappa shape index (κ3) is 2.12. The van der Waals surface area contributed by atoms with Crippen LogP contribution in [-0.4, -0.2) is 18.1 Å². The van der Waals surface area contributed by atoms with Crippen molar-refractivity contribution in [3.63, 3.8) is 0 Å². The van der Waals surface area contributed by atoms with Gasteiger partial charge in [-0.25, -0.2) is 4.79 Å². The summed E-state index contributed by atoms with van der Waals surface area (Å²) in [6.45, 7) is 0. The van der Waals surface area contributed by atoms with Gasteiger partial charge in [0.05, 0.1) is 18.4 Å². The molecule has 0 unspecified atom stereocenters. The molecule has 0 amide bonds. The normalized spacial score (nSPS) is 13.1. The number of pyridine rings is 1. The van der Waals surface area contributed by atoms with E-state index >= 15 is 0 Å². The molecule has 3 rings (SSSR count). The van der Waals surface area contributed by atoms with Crippen molar-refractivity contribution in [3.05, 3.63) is 53.2 Å². The van der Waals surface area contributed by atoms with Crippen LogP contribution >= 0.6 is 0 Å². The van der Waals surface area contributed by atoms with Crippen LogP contribution in [0.15, 0.2) is 36.5 Å². The molecular weight excluding hydrogens is 238 g/mol. The molecule has 3 nitrogen and oxygen atoms in total. The summed E-state index contributed by atoms with van der Waals surface area (Å²) in [4.78, 5) is 16.1. The number of carbonyl (C=O) groups is 1. The fourth-order valence-corrected chi connectivity index (χ4v) is 2.61. The summed E-state index contributed by atoms with van der Waals surface area (Å²) in [7, 11) is 1.39. The first kappa shape index (κ1) is 11.9. The molecule has 3 heteroatoms. The zero-order valence-corrected chi connectivity index (χ0v) is 10.8. The van der Waals surface area contributed by atoms with Gasteiger partial charge in [0.25, 0.3) is 0 Å². The van der Waals surface area contributed by atoms with Crippen LogP contribution in [0, 0.1) is 0 Å². The zero-order valence-electron chi connectivity index (χ0n) is 10.8. The largest absolute Gasteiger partial charge is 0.465 e. The van der Waals surface area contributed by atoms with Gasteiger partial charge < -0.3 is 4.74 Å². The minimum Gasteiger partial charge on any atom is -0.465 e. The molecule has 0 saturated heterocycles. The van der Waals surface area contributed by atoms with Gasteiger partial charge in [-0.2, -0.15) is 0 Å². The third-order valence-electron chi connectivity index (χ3n) is 3.55. The number of hydrogen-bond donors (Lipinski definition) is 0. The number of aryl methyl sites for hydroxylation is 2. The topological polar surface area (TPSA) is 39.2 Å². The molecule has 0 fully saturated rings. The number of aromatic nitrogens is 1. The Morgan fingerprint density at radius 3 is 2.84 bits per heavy atom. The van der Waals surface area contributed by atoms with Crippen LogP contribution < -0.4 is 0 Å². The molecule has 1 aliphatic carbocycles. The number of benzene rings is 1. The maximum Gasteiger partial charge on any atom is 0.339 e. The van der Waals surface area contributed by atoms with E-state index in [1.807, 2.05) is 12.1 Å². The van der Waals surface area contributed by atoms with Gasteiger partial charge >= 0.3 is 5.97 Å². The Labute approximate surface area is 112 Å². The Hall–Kier alpha value is -2.16. The van der Waals surface area contributed by atoms with Crippen LogP contribution in [0.5, 0.6) is 0 Å². The van der Waals surface area contributed by atoms with E-state index < -0.39 is 0 Å². The quantitative estimate of drug-likeness (QED) is 0.733. The van der Waals surface area contributed by atoms with Gasteiger partial charge in [0.15, 0.2) is 0 Å². The van der Waals surface area contributed by atoms with Crippen molar-refractivity contribution in [2.45, 2.75) is 19.3 Å². The molecule has 1 heterocycles. The SMILES string of the molecule is COC(=O)c1cnc2c(c1)CCCc1ccccc1-2. The highest BCUT2D eigenvalue weighted by Gasteiger charge is 2.17. The van der Waals surface area contributed by atoms with Gasteiger partial charge in [-0.15, -0.1) is 0 Å². The molecule has 96 valence electrons. The van der Waals surface area contributed by atoms with Crippen molar-refractivity contribution in [2.24, 2.45) is 0 Å². The summed E-state index contributed by atoms with van der Waals surface area (Å²) in [5, 5.41) is 0. The number of fused-ring (bicyclic) bond motifs is 3. The van der Waals surface area contributed by atoms with Crippen LogP contribution in [0.3, 0.4) is 0 Å². The zero-order chi connectivity index (χ0) is 13.2. The molecule has 0 bridgehead atoms. The molecule has 0 saturated carbocycles. The average Bonchev–Trinajstić information content (AvgIpc) is 2.65. The van der Waals surface area contributed by atoms with Gasteiger partial charge in [0, 0.05) is 11.8 Å². The van der Waals surface area contributed by atoms with Crippen molar-refractivity contribution in [2.75, 3.05) is 7.11 Å². The van der Waals surface area contributed by atoms with E-state index in [4.69, 9.17) is 4.74 Å². The fraction of sp³-hybridized carbons (Fsp3) is 0.250. The summed E-state index contributed by atoms with van der Waals surface area (Å²) >= 11 is 0. The Bertz CT molecular complexity index is 634. The number of ether oxygens (including phenoxy) is 1. The molecule has 0 aliphatic heterocycles. The number of methoxy groups -OCH3 is 1. The van der Waals surface area contributed by atoms with Crippen LogP contribution in [0.4, 0.5) is 0 Å². The molecule has 2 aromatic rings. The van der Waals surface area contributed by atoms with Gasteiger partial charge in [-0.05, 0) is 36.5 Å². The monoisotopic (exact) mass is 253 g/mol. The molecule has 1 aromatic heterocycles. The first-order valence-corrected chi connectivity index (χ1v) is 6.45. The lowest BCUT2D eigenvalue weighted by molar-refractivity contribution is 0.0600. The first-order valence-electron chi connectivity index (χ1n) is 6.45. The lowest BCUT2D eigenvalue weighted by Gasteiger charge is -2.09. The van der Waals surface area contributed by atoms with Crippen LogP contribution in [-0.2, 0) is 17.6 Å². The van der Waals surface area contributed by atoms with Gasteiger partial charge in [-0.1, -0.05) is 24.3 Å². The lowest BCUT2D eigenvalue weighted by atomic mass is 10.0. The lowest BCUT2D eigenvalue weighted by Crippen LogP contribution is -2.04. The number of esters is 1. The van der Waals surface area contributed by atoms with E-state index in [2.05, 4.69) is 23.2 Å². The second-order valence-electron chi connectivity index (χ2n) is 4.73.